The first-order chi connectivity index (χ1) is 13.4. The number of carbonyl (C=O) groups is 2. The minimum Gasteiger partial charge on any atom is -0.466 e. The van der Waals surface area contributed by atoms with Crippen molar-refractivity contribution in [3.63, 3.8) is 0 Å². The zero-order valence-corrected chi connectivity index (χ0v) is 18.1. The van der Waals surface area contributed by atoms with Gasteiger partial charge in [-0.15, -0.1) is 0 Å². The van der Waals surface area contributed by atoms with Crippen LogP contribution in [-0.4, -0.2) is 18.4 Å². The van der Waals surface area contributed by atoms with Crippen molar-refractivity contribution < 1.29 is 14.3 Å². The van der Waals surface area contributed by atoms with Crippen molar-refractivity contribution in [2.75, 3.05) is 6.61 Å². The largest absolute Gasteiger partial charge is 0.466 e. The minimum absolute atomic E-state index is 0.0303. The molecule has 0 saturated heterocycles. The first-order valence-electron chi connectivity index (χ1n) is 11.8. The van der Waals surface area contributed by atoms with Crippen LogP contribution in [0.1, 0.15) is 91.4 Å². The summed E-state index contributed by atoms with van der Waals surface area (Å²) in [7, 11) is 0. The van der Waals surface area contributed by atoms with E-state index in [-0.39, 0.29) is 11.4 Å². The number of allylic oxidation sites excluding steroid dienone is 1. The van der Waals surface area contributed by atoms with Crippen molar-refractivity contribution in [2.24, 2.45) is 34.5 Å². The summed E-state index contributed by atoms with van der Waals surface area (Å²) in [4.78, 5) is 23.7. The smallest absolute Gasteiger partial charge is 0.305 e. The second-order valence-corrected chi connectivity index (χ2v) is 10.5. The Morgan fingerprint density at radius 1 is 1.11 bits per heavy atom. The minimum atomic E-state index is -0.0303. The molecule has 0 aliphatic heterocycles. The number of ether oxygens (including phenoxy) is 1. The Morgan fingerprint density at radius 3 is 2.71 bits per heavy atom. The number of fused-ring (bicyclic) bond motifs is 5. The quantitative estimate of drug-likeness (QED) is 0.555. The second-order valence-electron chi connectivity index (χ2n) is 10.5. The van der Waals surface area contributed by atoms with Crippen LogP contribution < -0.4 is 0 Å². The molecule has 6 atom stereocenters. The molecule has 0 heterocycles. The first kappa shape index (κ1) is 20.2. The van der Waals surface area contributed by atoms with Gasteiger partial charge in [-0.3, -0.25) is 9.59 Å². The van der Waals surface area contributed by atoms with Crippen molar-refractivity contribution in [2.45, 2.75) is 91.4 Å². The number of rotatable bonds is 5. The zero-order chi connectivity index (χ0) is 19.9. The summed E-state index contributed by atoms with van der Waals surface area (Å²) in [5.74, 6) is 3.55. The van der Waals surface area contributed by atoms with Gasteiger partial charge in [0.25, 0.3) is 0 Å². The van der Waals surface area contributed by atoms with E-state index in [4.69, 9.17) is 4.74 Å². The van der Waals surface area contributed by atoms with Crippen molar-refractivity contribution in [3.8, 4) is 0 Å². The number of hydrogen-bond donors (Lipinski definition) is 0. The molecule has 0 N–H and O–H groups in total. The maximum atomic E-state index is 12.0. The van der Waals surface area contributed by atoms with Gasteiger partial charge in [-0.1, -0.05) is 19.4 Å². The lowest BCUT2D eigenvalue weighted by molar-refractivity contribution is -0.143. The zero-order valence-electron chi connectivity index (χ0n) is 18.1. The normalized spacial score (nSPS) is 42.2. The maximum absolute atomic E-state index is 12.0. The molecule has 3 nitrogen and oxygen atoms in total. The molecule has 0 bridgehead atoms. The van der Waals surface area contributed by atoms with E-state index in [1.54, 1.807) is 0 Å². The molecule has 3 fully saturated rings. The lowest BCUT2D eigenvalue weighted by atomic mass is 9.46. The Labute approximate surface area is 170 Å². The number of hydrogen-bond acceptors (Lipinski definition) is 3. The molecule has 0 aromatic rings. The highest BCUT2D eigenvalue weighted by Gasteiger charge is 2.58. The fraction of sp³-hybridized carbons (Fsp3) is 0.840. The van der Waals surface area contributed by atoms with E-state index in [2.05, 4.69) is 13.8 Å². The highest BCUT2D eigenvalue weighted by Crippen LogP contribution is 2.67. The van der Waals surface area contributed by atoms with Gasteiger partial charge in [-0.2, -0.15) is 0 Å². The van der Waals surface area contributed by atoms with Gasteiger partial charge in [-0.05, 0) is 105 Å². The van der Waals surface area contributed by atoms with Crippen LogP contribution in [0.15, 0.2) is 11.6 Å². The third kappa shape index (κ3) is 3.27. The van der Waals surface area contributed by atoms with Crippen LogP contribution in [0, 0.1) is 34.5 Å². The Balaban J connectivity index is 1.44. The van der Waals surface area contributed by atoms with Crippen molar-refractivity contribution in [1.82, 2.24) is 0 Å². The average molecular weight is 387 g/mol. The van der Waals surface area contributed by atoms with E-state index >= 15 is 0 Å². The summed E-state index contributed by atoms with van der Waals surface area (Å²) >= 11 is 0. The van der Waals surface area contributed by atoms with Crippen molar-refractivity contribution in [1.29, 1.82) is 0 Å². The van der Waals surface area contributed by atoms with Crippen LogP contribution in [0.3, 0.4) is 0 Å². The molecule has 3 heteroatoms. The fourth-order valence-corrected chi connectivity index (χ4v) is 7.87. The third-order valence-electron chi connectivity index (χ3n) is 9.40. The summed E-state index contributed by atoms with van der Waals surface area (Å²) in [5.41, 5.74) is 2.20. The molecular weight excluding hydrogens is 348 g/mol. The van der Waals surface area contributed by atoms with Crippen LogP contribution in [0.25, 0.3) is 0 Å². The Hall–Kier alpha value is -1.12. The molecule has 0 amide bonds. The maximum Gasteiger partial charge on any atom is 0.305 e. The average Bonchev–Trinajstić information content (AvgIpc) is 2.99. The second kappa shape index (κ2) is 7.61. The number of carbonyl (C=O) groups excluding carboxylic acids is 2. The molecule has 4 aliphatic rings. The topological polar surface area (TPSA) is 43.4 Å². The van der Waals surface area contributed by atoms with Crippen molar-refractivity contribution >= 4 is 11.8 Å². The van der Waals surface area contributed by atoms with E-state index in [0.29, 0.717) is 24.2 Å². The van der Waals surface area contributed by atoms with E-state index in [1.165, 1.54) is 44.1 Å². The van der Waals surface area contributed by atoms with E-state index < -0.39 is 0 Å². The SMILES string of the molecule is CCOC(=O)CCC[C@H]1CCC2C3CCC4=CC(=O)CC[C@]4(C)C3CC[C@@]21C. The van der Waals surface area contributed by atoms with E-state index in [9.17, 15) is 9.59 Å². The van der Waals surface area contributed by atoms with E-state index in [0.717, 1.165) is 49.4 Å². The molecule has 0 aromatic carbocycles. The molecule has 0 spiro atoms. The van der Waals surface area contributed by atoms with Crippen LogP contribution >= 0.6 is 0 Å². The van der Waals surface area contributed by atoms with Gasteiger partial charge in [0, 0.05) is 12.8 Å². The van der Waals surface area contributed by atoms with Gasteiger partial charge in [0.2, 0.25) is 0 Å². The van der Waals surface area contributed by atoms with E-state index in [1.807, 2.05) is 13.0 Å². The van der Waals surface area contributed by atoms with Gasteiger partial charge in [0.1, 0.15) is 0 Å². The summed E-state index contributed by atoms with van der Waals surface area (Å²) in [5, 5.41) is 0. The molecule has 0 aromatic heterocycles. The summed E-state index contributed by atoms with van der Waals surface area (Å²) in [6.45, 7) is 7.41. The van der Waals surface area contributed by atoms with Gasteiger partial charge < -0.3 is 4.74 Å². The third-order valence-corrected chi connectivity index (χ3v) is 9.40. The lowest BCUT2D eigenvalue weighted by Crippen LogP contribution is -2.50. The van der Waals surface area contributed by atoms with Gasteiger partial charge in [0.05, 0.1) is 6.61 Å². The highest BCUT2D eigenvalue weighted by atomic mass is 16.5. The fourth-order valence-electron chi connectivity index (χ4n) is 7.87. The molecule has 3 saturated carbocycles. The summed E-state index contributed by atoms with van der Waals surface area (Å²) in [6, 6.07) is 0. The molecule has 0 radical (unpaired) electrons. The van der Waals surface area contributed by atoms with Gasteiger partial charge in [0.15, 0.2) is 5.78 Å². The van der Waals surface area contributed by atoms with Crippen LogP contribution in [-0.2, 0) is 14.3 Å². The Bertz CT molecular complexity index is 665. The first-order valence-corrected chi connectivity index (χ1v) is 11.8. The number of ketones is 1. The monoisotopic (exact) mass is 386 g/mol. The molecule has 3 unspecified atom stereocenters. The molecule has 156 valence electrons. The van der Waals surface area contributed by atoms with Crippen LogP contribution in [0.5, 0.6) is 0 Å². The van der Waals surface area contributed by atoms with Crippen LogP contribution in [0.2, 0.25) is 0 Å². The lowest BCUT2D eigenvalue weighted by Gasteiger charge is -2.58. The molecular formula is C25H38O3. The number of esters is 1. The van der Waals surface area contributed by atoms with Gasteiger partial charge >= 0.3 is 5.97 Å². The highest BCUT2D eigenvalue weighted by molar-refractivity contribution is 5.91. The van der Waals surface area contributed by atoms with Crippen LogP contribution in [0.4, 0.5) is 0 Å². The van der Waals surface area contributed by atoms with Gasteiger partial charge in [-0.25, -0.2) is 0 Å². The Kier molecular flexibility index (Phi) is 5.48. The Morgan fingerprint density at radius 2 is 1.93 bits per heavy atom. The predicted octanol–water partition coefficient (Wildman–Crippen LogP) is 5.87. The molecule has 4 aliphatic carbocycles. The molecule has 4 rings (SSSR count). The standard InChI is InChI=1S/C25H38O3/c1-4-28-23(27)7-5-6-17-9-11-21-20-10-8-18-16-19(26)12-14-25(18,3)22(20)13-15-24(17,21)2/h16-17,20-22H,4-15H2,1-3H3/t17-,20?,21?,22?,24+,25-/m0/s1. The van der Waals surface area contributed by atoms with Crippen molar-refractivity contribution in [3.05, 3.63) is 11.6 Å². The summed E-state index contributed by atoms with van der Waals surface area (Å²) in [6.07, 6.45) is 14.4. The molecule has 28 heavy (non-hydrogen) atoms. The predicted molar refractivity (Wildman–Crippen MR) is 111 cm³/mol. The summed E-state index contributed by atoms with van der Waals surface area (Å²) < 4.78 is 5.11.